The highest BCUT2D eigenvalue weighted by molar-refractivity contribution is 5.73. The molecule has 476 valence electrons. The van der Waals surface area contributed by atoms with Crippen molar-refractivity contribution in [3.63, 3.8) is 0 Å². The highest BCUT2D eigenvalue weighted by Gasteiger charge is 2.59. The molecule has 2 amide bonds. The zero-order valence-corrected chi connectivity index (χ0v) is 44.4. The lowest BCUT2D eigenvalue weighted by Crippen LogP contribution is -2.71. The fourth-order valence-corrected chi connectivity index (χ4v) is 10.5. The first kappa shape index (κ1) is 67.2. The van der Waals surface area contributed by atoms with Crippen molar-refractivity contribution in [1.82, 2.24) is 10.6 Å². The molecule has 7 aliphatic heterocycles. The summed E-state index contributed by atoms with van der Waals surface area (Å²) < 4.78 is 76.7. The summed E-state index contributed by atoms with van der Waals surface area (Å²) in [6, 6.07) is -3.41. The number of carbonyl (C=O) groups is 2. The average Bonchev–Trinajstić information content (AvgIpc) is 2.71. The van der Waals surface area contributed by atoms with E-state index in [2.05, 4.69) is 10.6 Å². The minimum atomic E-state index is -2.35. The lowest BCUT2D eigenvalue weighted by molar-refractivity contribution is -0.412. The quantitative estimate of drug-likeness (QED) is 0.0571. The van der Waals surface area contributed by atoms with Crippen LogP contribution in [0.1, 0.15) is 27.7 Å². The summed E-state index contributed by atoms with van der Waals surface area (Å²) in [6.07, 6.45) is -64.3. The van der Waals surface area contributed by atoms with Crippen molar-refractivity contribution in [2.75, 3.05) is 33.0 Å². The Hall–Kier alpha value is -2.34. The molecule has 0 bridgehead atoms. The molecule has 0 aromatic heterocycles. The van der Waals surface area contributed by atoms with Gasteiger partial charge in [0.25, 0.3) is 0 Å². The molecule has 0 aromatic carbocycles. The molecule has 21 N–H and O–H groups in total. The Morgan fingerprint density at radius 3 is 1.21 bits per heavy atom. The van der Waals surface area contributed by atoms with E-state index in [1.54, 1.807) is 0 Å². The number of nitrogens with one attached hydrogen (secondary N) is 2. The van der Waals surface area contributed by atoms with Gasteiger partial charge in [-0.3, -0.25) is 9.59 Å². The van der Waals surface area contributed by atoms with E-state index in [4.69, 9.17) is 61.6 Å². The van der Waals surface area contributed by atoms with Gasteiger partial charge in [-0.15, -0.1) is 0 Å². The monoisotopic (exact) mass is 1200 g/mol. The first-order chi connectivity index (χ1) is 38.7. The first-order valence-corrected chi connectivity index (χ1v) is 26.3. The highest BCUT2D eigenvalue weighted by Crippen LogP contribution is 2.39. The van der Waals surface area contributed by atoms with Gasteiger partial charge < -0.3 is 169 Å². The number of aliphatic hydroxyl groups is 19. The standard InChI is InChI=1S/C46H78N2O34/c1-10-21(55)29(63)32(66)43(71-10)81-38-36(27(61)18(73-40(38)69)9-70-41-19(47-12(3)53)28(62)23(57)14(5-49)74-41)80-46-39(82-44-33(67)30(64)22(56)11(2)72-44)37(26(60)17(8-52)77-46)79-42-20(48-13(4)54)35(25(59)16(7-51)75-42)78-45-34(68)31(65)24(58)15(6-50)76-45/h10-11,14-46,49-52,55-69H,5-9H2,1-4H3,(H,47,53)(H,48,54)/t10-,11-,14+,15+,16+,17+,18+,19+,20+,21+,22+,23+,24-,25-,26-,27-,28+,29+,30+,31-,32-,33-,34+,35+,36-,37-,38+,39+,40-,41+,42+,43-,44-,45+,46-/m0/s1. The van der Waals surface area contributed by atoms with Crippen LogP contribution < -0.4 is 10.6 Å². The second-order valence-corrected chi connectivity index (χ2v) is 21.0. The van der Waals surface area contributed by atoms with Gasteiger partial charge >= 0.3 is 0 Å². The molecule has 0 unspecified atom stereocenters. The largest absolute Gasteiger partial charge is 0.394 e. The Labute approximate surface area is 465 Å². The average molecular weight is 1200 g/mol. The molecule has 7 fully saturated rings. The summed E-state index contributed by atoms with van der Waals surface area (Å²) in [5, 5.41) is 212. The number of carbonyl (C=O) groups excluding carboxylic acids is 2. The van der Waals surface area contributed by atoms with E-state index in [-0.39, 0.29) is 0 Å². The topological polar surface area (TPSA) is 563 Å². The Kier molecular flexibility index (Phi) is 23.5. The molecule has 36 heteroatoms. The van der Waals surface area contributed by atoms with Crippen LogP contribution in [0.5, 0.6) is 0 Å². The van der Waals surface area contributed by atoms with Crippen molar-refractivity contribution in [3.05, 3.63) is 0 Å². The molecule has 82 heavy (non-hydrogen) atoms. The number of aliphatic hydroxyl groups excluding tert-OH is 19. The van der Waals surface area contributed by atoms with Gasteiger partial charge in [-0.2, -0.15) is 0 Å². The van der Waals surface area contributed by atoms with Gasteiger partial charge in [0.1, 0.15) is 159 Å². The molecule has 0 spiro atoms. The third kappa shape index (κ3) is 14.3. The van der Waals surface area contributed by atoms with Crippen LogP contribution in [0.15, 0.2) is 0 Å². The van der Waals surface area contributed by atoms with Crippen LogP contribution in [0.25, 0.3) is 0 Å². The van der Waals surface area contributed by atoms with Gasteiger partial charge in [0, 0.05) is 13.8 Å². The zero-order chi connectivity index (χ0) is 60.5. The molecular weight excluding hydrogens is 1120 g/mol. The Morgan fingerprint density at radius 1 is 0.341 bits per heavy atom. The van der Waals surface area contributed by atoms with E-state index in [1.165, 1.54) is 13.8 Å². The fraction of sp³-hybridized carbons (Fsp3) is 0.957. The number of rotatable bonds is 19. The van der Waals surface area contributed by atoms with Crippen LogP contribution >= 0.6 is 0 Å². The molecule has 0 aliphatic carbocycles. The van der Waals surface area contributed by atoms with E-state index in [0.29, 0.717) is 0 Å². The predicted octanol–water partition coefficient (Wildman–Crippen LogP) is -13.9. The summed E-state index contributed by atoms with van der Waals surface area (Å²) in [7, 11) is 0. The Balaban J connectivity index is 1.28. The van der Waals surface area contributed by atoms with Crippen LogP contribution in [-0.2, 0) is 71.2 Å². The lowest BCUT2D eigenvalue weighted by Gasteiger charge is -2.52. The van der Waals surface area contributed by atoms with Gasteiger partial charge in [-0.05, 0) is 13.8 Å². The molecule has 0 radical (unpaired) electrons. The molecule has 7 heterocycles. The minimum Gasteiger partial charge on any atom is -0.394 e. The van der Waals surface area contributed by atoms with Crippen molar-refractivity contribution in [1.29, 1.82) is 0 Å². The zero-order valence-electron chi connectivity index (χ0n) is 44.4. The summed E-state index contributed by atoms with van der Waals surface area (Å²) >= 11 is 0. The molecule has 7 rings (SSSR count). The maximum atomic E-state index is 13.0. The van der Waals surface area contributed by atoms with E-state index in [9.17, 15) is 107 Å². The maximum absolute atomic E-state index is 13.0. The van der Waals surface area contributed by atoms with Crippen molar-refractivity contribution in [2.45, 2.75) is 243 Å². The Bertz CT molecular complexity index is 2030. The summed E-state index contributed by atoms with van der Waals surface area (Å²) in [6.45, 7) is -0.370. The second-order valence-electron chi connectivity index (χ2n) is 21.0. The highest BCUT2D eigenvalue weighted by atomic mass is 16.8. The minimum absolute atomic E-state index is 0.746. The second kappa shape index (κ2) is 28.7. The summed E-state index contributed by atoms with van der Waals surface area (Å²) in [5.41, 5.74) is 0. The molecule has 0 aromatic rings. The number of amides is 2. The van der Waals surface area contributed by atoms with Gasteiger partial charge in [-0.1, -0.05) is 0 Å². The van der Waals surface area contributed by atoms with Gasteiger partial charge in [-0.25, -0.2) is 0 Å². The molecule has 7 aliphatic rings. The van der Waals surface area contributed by atoms with Crippen LogP contribution in [-0.4, -0.2) is 357 Å². The SMILES string of the molecule is CC(=O)N[C@H]1[C@H](OC[C@H]2O[C@H](O)[C@H](O[C@@H]3O[C@@H](C)[C@@H](O)[C@@H](O)[C@@H]3O)[C@@H](O[C@@H]3O[C@H](CO)[C@H](O)[C@H](O[C@H]4O[C@H](CO)[C@H](O)[C@H](O[C@H]5O[C@H](CO)[C@H](O)[C@H](O)[C@H]5O)[C@H]4NC(C)=O)[C@H]3O[C@@H]3O[C@@H](C)[C@@H](O)[C@@H](O)[C@@H]3O)[C@H]2O)O[C@H](CO)[C@@H](O)[C@@H]1O. The van der Waals surface area contributed by atoms with Gasteiger partial charge in [0.05, 0.1) is 45.2 Å². The smallest absolute Gasteiger partial charge is 0.217 e. The van der Waals surface area contributed by atoms with E-state index in [0.717, 1.165) is 13.8 Å². The maximum Gasteiger partial charge on any atom is 0.217 e. The first-order valence-electron chi connectivity index (χ1n) is 26.3. The fourth-order valence-electron chi connectivity index (χ4n) is 10.5. The number of ether oxygens (including phenoxy) is 13. The van der Waals surface area contributed by atoms with E-state index >= 15 is 0 Å². The number of hydrogen-bond donors (Lipinski definition) is 21. The molecular formula is C46H78N2O34. The van der Waals surface area contributed by atoms with Crippen molar-refractivity contribution in [2.24, 2.45) is 0 Å². The third-order valence-electron chi connectivity index (χ3n) is 15.3. The third-order valence-corrected chi connectivity index (χ3v) is 15.3. The molecule has 0 saturated carbocycles. The van der Waals surface area contributed by atoms with Crippen LogP contribution in [0.3, 0.4) is 0 Å². The summed E-state index contributed by atoms with van der Waals surface area (Å²) in [5.74, 6) is -1.65. The van der Waals surface area contributed by atoms with Gasteiger partial charge in [0.2, 0.25) is 11.8 Å². The van der Waals surface area contributed by atoms with Crippen molar-refractivity contribution in [3.8, 4) is 0 Å². The Morgan fingerprint density at radius 2 is 0.695 bits per heavy atom. The van der Waals surface area contributed by atoms with E-state index < -0.39 is 260 Å². The van der Waals surface area contributed by atoms with Crippen LogP contribution in [0.4, 0.5) is 0 Å². The van der Waals surface area contributed by atoms with Crippen LogP contribution in [0.2, 0.25) is 0 Å². The van der Waals surface area contributed by atoms with Crippen molar-refractivity contribution < 1.29 is 168 Å². The molecule has 36 nitrogen and oxygen atoms in total. The summed E-state index contributed by atoms with van der Waals surface area (Å²) in [4.78, 5) is 25.1. The molecule has 35 atom stereocenters. The molecule has 7 saturated heterocycles. The van der Waals surface area contributed by atoms with Gasteiger partial charge in [0.15, 0.2) is 44.0 Å². The van der Waals surface area contributed by atoms with Crippen molar-refractivity contribution >= 4 is 11.8 Å². The predicted molar refractivity (Wildman–Crippen MR) is 252 cm³/mol. The number of hydrogen-bond acceptors (Lipinski definition) is 34. The lowest BCUT2D eigenvalue weighted by atomic mass is 9.94. The van der Waals surface area contributed by atoms with E-state index in [1.807, 2.05) is 0 Å². The van der Waals surface area contributed by atoms with Crippen LogP contribution in [0, 0.1) is 0 Å². The normalized spacial score (nSPS) is 51.3.